The van der Waals surface area contributed by atoms with E-state index in [0.717, 1.165) is 0 Å². The summed E-state index contributed by atoms with van der Waals surface area (Å²) in [7, 11) is 0. The van der Waals surface area contributed by atoms with Crippen LogP contribution in [-0.4, -0.2) is 24.0 Å². The molecule has 0 amide bonds. The van der Waals surface area contributed by atoms with Gasteiger partial charge in [-0.3, -0.25) is 4.90 Å². The molecule has 0 spiro atoms. The summed E-state index contributed by atoms with van der Waals surface area (Å²) < 4.78 is 0. The second-order valence-corrected chi connectivity index (χ2v) is 5.32. The molecule has 1 aromatic carbocycles. The van der Waals surface area contributed by atoms with E-state index in [9.17, 15) is 0 Å². The Balaban J connectivity index is 2.25. The summed E-state index contributed by atoms with van der Waals surface area (Å²) in [6.07, 6.45) is 2.61. The highest BCUT2D eigenvalue weighted by Gasteiger charge is 2.27. The molecule has 0 saturated carbocycles. The molecule has 2 unspecified atom stereocenters. The van der Waals surface area contributed by atoms with E-state index in [1.54, 1.807) is 0 Å². The molecular weight excluding hydrogens is 208 g/mol. The minimum Gasteiger partial charge on any atom is -0.329 e. The van der Waals surface area contributed by atoms with Crippen LogP contribution >= 0.6 is 0 Å². The van der Waals surface area contributed by atoms with Crippen LogP contribution in [0.25, 0.3) is 0 Å². The zero-order valence-corrected chi connectivity index (χ0v) is 11.2. The Kier molecular flexibility index (Phi) is 3.85. The smallest absolute Gasteiger partial charge is 0.0473 e. The highest BCUT2D eigenvalue weighted by molar-refractivity contribution is 5.32. The molecule has 0 aliphatic carbocycles. The van der Waals surface area contributed by atoms with Crippen LogP contribution in [0.3, 0.4) is 0 Å². The van der Waals surface area contributed by atoms with Crippen molar-refractivity contribution >= 4 is 0 Å². The zero-order chi connectivity index (χ0) is 12.4. The predicted molar refractivity (Wildman–Crippen MR) is 73.1 cm³/mol. The molecular formula is C15H24N2. The molecule has 2 atom stereocenters. The Bertz CT molecular complexity index is 387. The molecule has 2 rings (SSSR count). The van der Waals surface area contributed by atoms with Crippen LogP contribution in [0.4, 0.5) is 0 Å². The number of hydrogen-bond donors (Lipinski definition) is 1. The van der Waals surface area contributed by atoms with E-state index in [-0.39, 0.29) is 0 Å². The number of nitrogens with zero attached hydrogens (tertiary/aromatic N) is 1. The van der Waals surface area contributed by atoms with Crippen LogP contribution in [0.15, 0.2) is 18.2 Å². The van der Waals surface area contributed by atoms with Crippen molar-refractivity contribution in [3.8, 4) is 0 Å². The maximum atomic E-state index is 5.99. The summed E-state index contributed by atoms with van der Waals surface area (Å²) in [4.78, 5) is 2.56. The highest BCUT2D eigenvalue weighted by atomic mass is 15.2. The molecule has 0 aromatic heterocycles. The van der Waals surface area contributed by atoms with Crippen molar-refractivity contribution in [1.29, 1.82) is 0 Å². The van der Waals surface area contributed by atoms with Crippen molar-refractivity contribution in [3.63, 3.8) is 0 Å². The van der Waals surface area contributed by atoms with Crippen LogP contribution in [0, 0.1) is 13.8 Å². The summed E-state index contributed by atoms with van der Waals surface area (Å²) in [5.41, 5.74) is 10.1. The van der Waals surface area contributed by atoms with Crippen molar-refractivity contribution in [2.75, 3.05) is 13.1 Å². The van der Waals surface area contributed by atoms with Gasteiger partial charge in [-0.25, -0.2) is 0 Å². The predicted octanol–water partition coefficient (Wildman–Crippen LogP) is 2.79. The lowest BCUT2D eigenvalue weighted by Crippen LogP contribution is -2.36. The second kappa shape index (κ2) is 5.19. The van der Waals surface area contributed by atoms with Crippen molar-refractivity contribution in [2.45, 2.75) is 45.7 Å². The molecule has 2 nitrogen and oxygen atoms in total. The molecule has 94 valence electrons. The highest BCUT2D eigenvalue weighted by Crippen LogP contribution is 2.29. The summed E-state index contributed by atoms with van der Waals surface area (Å²) >= 11 is 0. The molecule has 1 aromatic rings. The maximum absolute atomic E-state index is 5.99. The lowest BCUT2D eigenvalue weighted by molar-refractivity contribution is 0.195. The Morgan fingerprint density at radius 2 is 2.12 bits per heavy atom. The molecule has 1 heterocycles. The first-order valence-corrected chi connectivity index (χ1v) is 6.66. The number of likely N-dealkylation sites (tertiary alicyclic amines) is 1. The number of benzene rings is 1. The second-order valence-electron chi connectivity index (χ2n) is 5.32. The first kappa shape index (κ1) is 12.6. The topological polar surface area (TPSA) is 29.3 Å². The largest absolute Gasteiger partial charge is 0.329 e. The number of aryl methyl sites for hydroxylation is 2. The molecule has 1 aliphatic heterocycles. The minimum atomic E-state index is 0.395. The molecule has 2 heteroatoms. The number of rotatable bonds is 3. The Hall–Kier alpha value is -0.860. The van der Waals surface area contributed by atoms with Gasteiger partial charge in [0.25, 0.3) is 0 Å². The SMILES string of the molecule is Cc1ccc(C(CN)N2CCCC2C)cc1C. The third kappa shape index (κ3) is 2.53. The van der Waals surface area contributed by atoms with Crippen molar-refractivity contribution < 1.29 is 0 Å². The number of nitrogens with two attached hydrogens (primary N) is 1. The summed E-state index contributed by atoms with van der Waals surface area (Å²) in [6.45, 7) is 8.56. The van der Waals surface area contributed by atoms with Gasteiger partial charge < -0.3 is 5.73 Å². The molecule has 1 aliphatic rings. The summed E-state index contributed by atoms with van der Waals surface area (Å²) in [5, 5.41) is 0. The molecule has 1 saturated heterocycles. The van der Waals surface area contributed by atoms with Gasteiger partial charge in [-0.15, -0.1) is 0 Å². The fourth-order valence-electron chi connectivity index (χ4n) is 2.85. The molecule has 0 radical (unpaired) electrons. The van der Waals surface area contributed by atoms with E-state index in [4.69, 9.17) is 5.73 Å². The van der Waals surface area contributed by atoms with Crippen LogP contribution in [-0.2, 0) is 0 Å². The van der Waals surface area contributed by atoms with Crippen LogP contribution in [0.5, 0.6) is 0 Å². The van der Waals surface area contributed by atoms with Crippen LogP contribution in [0.1, 0.15) is 42.5 Å². The van der Waals surface area contributed by atoms with Crippen molar-refractivity contribution in [1.82, 2.24) is 4.90 Å². The quantitative estimate of drug-likeness (QED) is 0.868. The van der Waals surface area contributed by atoms with Gasteiger partial charge in [-0.2, -0.15) is 0 Å². The van der Waals surface area contributed by atoms with Crippen LogP contribution in [0.2, 0.25) is 0 Å². The molecule has 1 fully saturated rings. The summed E-state index contributed by atoms with van der Waals surface area (Å²) in [5.74, 6) is 0. The zero-order valence-electron chi connectivity index (χ0n) is 11.2. The van der Waals surface area contributed by atoms with Gasteiger partial charge in [-0.1, -0.05) is 18.2 Å². The van der Waals surface area contributed by atoms with Gasteiger partial charge >= 0.3 is 0 Å². The maximum Gasteiger partial charge on any atom is 0.0473 e. The fraction of sp³-hybridized carbons (Fsp3) is 0.600. The normalized spacial score (nSPS) is 22.9. The lowest BCUT2D eigenvalue weighted by atomic mass is 9.99. The minimum absolute atomic E-state index is 0.395. The Morgan fingerprint density at radius 1 is 1.35 bits per heavy atom. The van der Waals surface area contributed by atoms with E-state index in [1.807, 2.05) is 0 Å². The third-order valence-electron chi connectivity index (χ3n) is 4.14. The van der Waals surface area contributed by atoms with Gasteiger partial charge in [0.2, 0.25) is 0 Å². The first-order chi connectivity index (χ1) is 8.13. The average molecular weight is 232 g/mol. The van der Waals surface area contributed by atoms with Gasteiger partial charge in [0.05, 0.1) is 0 Å². The van der Waals surface area contributed by atoms with Gasteiger partial charge in [-0.05, 0) is 56.8 Å². The van der Waals surface area contributed by atoms with Crippen molar-refractivity contribution in [2.24, 2.45) is 5.73 Å². The van der Waals surface area contributed by atoms with E-state index >= 15 is 0 Å². The van der Waals surface area contributed by atoms with E-state index in [2.05, 4.69) is 43.9 Å². The Morgan fingerprint density at radius 3 is 2.65 bits per heavy atom. The van der Waals surface area contributed by atoms with Crippen LogP contribution < -0.4 is 5.73 Å². The lowest BCUT2D eigenvalue weighted by Gasteiger charge is -2.31. The molecule has 17 heavy (non-hydrogen) atoms. The average Bonchev–Trinajstić information content (AvgIpc) is 2.71. The van der Waals surface area contributed by atoms with E-state index in [0.29, 0.717) is 18.6 Å². The summed E-state index contributed by atoms with van der Waals surface area (Å²) in [6, 6.07) is 7.83. The number of hydrogen-bond acceptors (Lipinski definition) is 2. The monoisotopic (exact) mass is 232 g/mol. The van der Waals surface area contributed by atoms with Crippen molar-refractivity contribution in [3.05, 3.63) is 34.9 Å². The van der Waals surface area contributed by atoms with Gasteiger partial charge in [0, 0.05) is 18.6 Å². The fourth-order valence-corrected chi connectivity index (χ4v) is 2.85. The van der Waals surface area contributed by atoms with E-state index in [1.165, 1.54) is 36.1 Å². The molecule has 0 bridgehead atoms. The third-order valence-corrected chi connectivity index (χ3v) is 4.14. The first-order valence-electron chi connectivity index (χ1n) is 6.66. The van der Waals surface area contributed by atoms with E-state index < -0.39 is 0 Å². The Labute approximate surface area is 105 Å². The molecule has 2 N–H and O–H groups in total. The van der Waals surface area contributed by atoms with Gasteiger partial charge in [0.1, 0.15) is 0 Å². The van der Waals surface area contributed by atoms with Gasteiger partial charge in [0.15, 0.2) is 0 Å². The standard InChI is InChI=1S/C15H24N2/c1-11-6-7-14(9-12(11)2)15(10-16)17-8-4-5-13(17)3/h6-7,9,13,15H,4-5,8,10,16H2,1-3H3.